The first-order valence-electron chi connectivity index (χ1n) is 9.68. The molecule has 1 unspecified atom stereocenters. The monoisotopic (exact) mass is 481 g/mol. The van der Waals surface area contributed by atoms with Crippen LogP contribution in [-0.2, 0) is 20.4 Å². The second-order valence-electron chi connectivity index (χ2n) is 7.26. The molecule has 0 bridgehead atoms. The number of aromatic nitrogens is 3. The van der Waals surface area contributed by atoms with Gasteiger partial charge in [0.25, 0.3) is 5.56 Å². The van der Waals surface area contributed by atoms with Crippen LogP contribution in [0.15, 0.2) is 62.8 Å². The van der Waals surface area contributed by atoms with Crippen LogP contribution in [0.5, 0.6) is 0 Å². The van der Waals surface area contributed by atoms with Gasteiger partial charge in [-0.15, -0.1) is 0 Å². The average Bonchev–Trinajstić information content (AvgIpc) is 3.35. The minimum Gasteiger partial charge on any atom is -0.439 e. The molecule has 0 aliphatic carbocycles. The third-order valence-electron chi connectivity index (χ3n) is 5.00. The van der Waals surface area contributed by atoms with Crippen molar-refractivity contribution >= 4 is 7.82 Å². The molecule has 0 radical (unpaired) electrons. The Balaban J connectivity index is 1.58. The predicted octanol–water partition coefficient (Wildman–Crippen LogP) is -0.558. The largest absolute Gasteiger partial charge is 0.469 e. The standard InChI is InChI=1S/C19H20N3O10P/c23-14-6-7-21(18-16(25)15(24)13(32-18)10-30-33(27,28)29)19(26)22(14)9-12-8-20-17(31-12)11-4-2-1-3-5-11/h1-8,13,15-16,18,24-25H,9-10H2,(H2,27,28,29)/t13-,15+,16?,18-/m1/s1. The van der Waals surface area contributed by atoms with Crippen LogP contribution in [0.4, 0.5) is 0 Å². The van der Waals surface area contributed by atoms with E-state index in [0.717, 1.165) is 21.4 Å². The van der Waals surface area contributed by atoms with E-state index in [-0.39, 0.29) is 12.3 Å². The Kier molecular flexibility index (Phi) is 6.45. The van der Waals surface area contributed by atoms with Crippen LogP contribution >= 0.6 is 7.82 Å². The second kappa shape index (κ2) is 9.15. The molecule has 2 aromatic heterocycles. The molecule has 1 aliphatic heterocycles. The number of aliphatic hydroxyl groups excluding tert-OH is 2. The highest BCUT2D eigenvalue weighted by molar-refractivity contribution is 7.46. The van der Waals surface area contributed by atoms with E-state index in [1.165, 1.54) is 6.20 Å². The molecule has 0 saturated carbocycles. The first-order valence-corrected chi connectivity index (χ1v) is 11.2. The molecule has 3 aromatic rings. The number of phosphoric acid groups is 1. The number of benzene rings is 1. The molecule has 13 nitrogen and oxygen atoms in total. The number of nitrogens with zero attached hydrogens (tertiary/aromatic N) is 3. The fraction of sp³-hybridized carbons (Fsp3) is 0.316. The summed E-state index contributed by atoms with van der Waals surface area (Å²) in [5, 5.41) is 20.4. The van der Waals surface area contributed by atoms with Crippen molar-refractivity contribution in [3.63, 3.8) is 0 Å². The van der Waals surface area contributed by atoms with E-state index in [9.17, 15) is 24.4 Å². The molecule has 4 N–H and O–H groups in total. The van der Waals surface area contributed by atoms with Gasteiger partial charge in [-0.25, -0.2) is 14.3 Å². The van der Waals surface area contributed by atoms with Crippen LogP contribution in [0.3, 0.4) is 0 Å². The van der Waals surface area contributed by atoms with E-state index in [2.05, 4.69) is 9.51 Å². The van der Waals surface area contributed by atoms with Crippen LogP contribution in [-0.4, -0.2) is 59.0 Å². The number of hydrogen-bond donors (Lipinski definition) is 4. The van der Waals surface area contributed by atoms with Gasteiger partial charge < -0.3 is 29.2 Å². The lowest BCUT2D eigenvalue weighted by molar-refractivity contribution is -0.0548. The Morgan fingerprint density at radius 2 is 1.82 bits per heavy atom. The SMILES string of the molecule is O=c1ccn([C@@H]2O[C@H](COP(=O)(O)O)[C@H](O)C2O)c(=O)n1Cc1cnc(-c2ccccc2)o1. The summed E-state index contributed by atoms with van der Waals surface area (Å²) in [5.74, 6) is 0.534. The molecule has 4 atom stereocenters. The number of hydrogen-bond acceptors (Lipinski definition) is 9. The summed E-state index contributed by atoms with van der Waals surface area (Å²) < 4.78 is 28.0. The Hall–Kier alpha value is -2.90. The van der Waals surface area contributed by atoms with E-state index in [4.69, 9.17) is 18.9 Å². The zero-order valence-electron chi connectivity index (χ0n) is 16.9. The molecule has 14 heteroatoms. The van der Waals surface area contributed by atoms with Crippen molar-refractivity contribution in [2.24, 2.45) is 0 Å². The third kappa shape index (κ3) is 5.04. The van der Waals surface area contributed by atoms with Gasteiger partial charge in [0.05, 0.1) is 19.3 Å². The van der Waals surface area contributed by atoms with Gasteiger partial charge in [0, 0.05) is 17.8 Å². The highest BCUT2D eigenvalue weighted by Crippen LogP contribution is 2.38. The smallest absolute Gasteiger partial charge is 0.439 e. The maximum atomic E-state index is 13.0. The highest BCUT2D eigenvalue weighted by Gasteiger charge is 2.45. The van der Waals surface area contributed by atoms with Crippen LogP contribution in [0.2, 0.25) is 0 Å². The van der Waals surface area contributed by atoms with Crippen molar-refractivity contribution in [3.05, 3.63) is 75.4 Å². The topological polar surface area (TPSA) is 186 Å². The first kappa shape index (κ1) is 23.3. The summed E-state index contributed by atoms with van der Waals surface area (Å²) in [5.41, 5.74) is -0.808. The Morgan fingerprint density at radius 1 is 1.09 bits per heavy atom. The summed E-state index contributed by atoms with van der Waals surface area (Å²) in [4.78, 5) is 47.1. The lowest BCUT2D eigenvalue weighted by Gasteiger charge is -2.18. The van der Waals surface area contributed by atoms with E-state index in [1.54, 1.807) is 24.3 Å². The molecular formula is C19H20N3O10P. The number of aliphatic hydroxyl groups is 2. The first-order chi connectivity index (χ1) is 15.6. The van der Waals surface area contributed by atoms with Gasteiger partial charge in [-0.3, -0.25) is 18.5 Å². The fourth-order valence-electron chi connectivity index (χ4n) is 3.39. The van der Waals surface area contributed by atoms with E-state index in [0.29, 0.717) is 11.5 Å². The highest BCUT2D eigenvalue weighted by atomic mass is 31.2. The normalized spacial score (nSPS) is 23.2. The number of phosphoric ester groups is 1. The van der Waals surface area contributed by atoms with Crippen molar-refractivity contribution in [2.45, 2.75) is 31.1 Å². The molecule has 1 aliphatic rings. The van der Waals surface area contributed by atoms with Gasteiger partial charge in [0.15, 0.2) is 6.23 Å². The van der Waals surface area contributed by atoms with Gasteiger partial charge >= 0.3 is 13.5 Å². The molecule has 0 amide bonds. The van der Waals surface area contributed by atoms with Crippen LogP contribution in [0.1, 0.15) is 12.0 Å². The Labute approximate surface area is 185 Å². The second-order valence-corrected chi connectivity index (χ2v) is 8.50. The van der Waals surface area contributed by atoms with E-state index < -0.39 is 50.2 Å². The minimum atomic E-state index is -4.84. The molecule has 33 heavy (non-hydrogen) atoms. The predicted molar refractivity (Wildman–Crippen MR) is 110 cm³/mol. The van der Waals surface area contributed by atoms with Crippen LogP contribution in [0.25, 0.3) is 11.5 Å². The van der Waals surface area contributed by atoms with Gasteiger partial charge in [0.2, 0.25) is 5.89 Å². The van der Waals surface area contributed by atoms with Crippen molar-refractivity contribution in [2.75, 3.05) is 6.61 Å². The zero-order chi connectivity index (χ0) is 23.8. The summed E-state index contributed by atoms with van der Waals surface area (Å²) in [7, 11) is -4.84. The maximum absolute atomic E-state index is 13.0. The maximum Gasteiger partial charge on any atom is 0.469 e. The quantitative estimate of drug-likeness (QED) is 0.317. The number of rotatable bonds is 7. The number of oxazole rings is 1. The Bertz CT molecular complexity index is 1280. The summed E-state index contributed by atoms with van der Waals surface area (Å²) >= 11 is 0. The summed E-state index contributed by atoms with van der Waals surface area (Å²) in [6.45, 7) is -0.984. The fourth-order valence-corrected chi connectivity index (χ4v) is 3.73. The molecule has 3 heterocycles. The van der Waals surface area contributed by atoms with Gasteiger partial charge in [0.1, 0.15) is 24.1 Å². The van der Waals surface area contributed by atoms with Crippen molar-refractivity contribution < 1.29 is 38.2 Å². The molecule has 1 fully saturated rings. The van der Waals surface area contributed by atoms with Crippen LogP contribution < -0.4 is 11.2 Å². The average molecular weight is 481 g/mol. The molecule has 1 saturated heterocycles. The lowest BCUT2D eigenvalue weighted by Crippen LogP contribution is -2.43. The lowest BCUT2D eigenvalue weighted by atomic mass is 10.1. The Morgan fingerprint density at radius 3 is 2.52 bits per heavy atom. The van der Waals surface area contributed by atoms with E-state index in [1.807, 2.05) is 6.07 Å². The van der Waals surface area contributed by atoms with Gasteiger partial charge in [-0.2, -0.15) is 0 Å². The molecule has 4 rings (SSSR count). The summed E-state index contributed by atoms with van der Waals surface area (Å²) in [6.07, 6.45) is -3.52. The van der Waals surface area contributed by atoms with Crippen molar-refractivity contribution in [1.82, 2.24) is 14.1 Å². The molecule has 176 valence electrons. The third-order valence-corrected chi connectivity index (χ3v) is 5.49. The van der Waals surface area contributed by atoms with Crippen LogP contribution in [0, 0.1) is 0 Å². The molecule has 1 aromatic carbocycles. The van der Waals surface area contributed by atoms with Gasteiger partial charge in [-0.1, -0.05) is 18.2 Å². The zero-order valence-corrected chi connectivity index (χ0v) is 17.8. The van der Waals surface area contributed by atoms with Crippen molar-refractivity contribution in [1.29, 1.82) is 0 Å². The minimum absolute atomic E-state index is 0.228. The molecule has 0 spiro atoms. The van der Waals surface area contributed by atoms with Crippen molar-refractivity contribution in [3.8, 4) is 11.5 Å². The summed E-state index contributed by atoms with van der Waals surface area (Å²) in [6, 6.07) is 10.1. The molecular weight excluding hydrogens is 461 g/mol. The van der Waals surface area contributed by atoms with Gasteiger partial charge in [-0.05, 0) is 12.1 Å². The van der Waals surface area contributed by atoms with E-state index >= 15 is 0 Å². The number of ether oxygens (including phenoxy) is 1.